The molecule has 1 saturated heterocycles. The number of amides is 1. The van der Waals surface area contributed by atoms with Crippen molar-refractivity contribution in [1.82, 2.24) is 4.90 Å². The van der Waals surface area contributed by atoms with Crippen molar-refractivity contribution in [2.45, 2.75) is 11.4 Å². The Morgan fingerprint density at radius 1 is 0.795 bits per heavy atom. The predicted octanol–water partition coefficient (Wildman–Crippen LogP) is 4.92. The van der Waals surface area contributed by atoms with E-state index in [0.29, 0.717) is 24.3 Å². The molecule has 0 saturated carbocycles. The molecule has 4 aromatic carbocycles. The molecule has 39 heavy (non-hydrogen) atoms. The van der Waals surface area contributed by atoms with Gasteiger partial charge in [-0.05, 0) is 60.2 Å². The maximum Gasteiger partial charge on any atom is 0.264 e. The van der Waals surface area contributed by atoms with Crippen molar-refractivity contribution in [3.05, 3.63) is 126 Å². The topological polar surface area (TPSA) is 84.7 Å². The van der Waals surface area contributed by atoms with Crippen LogP contribution in [0.5, 0.6) is 0 Å². The minimum Gasteiger partial charge on any atom is -0.368 e. The molecule has 7 nitrogen and oxygen atoms in total. The van der Waals surface area contributed by atoms with E-state index in [1.807, 2.05) is 59.5 Å². The standard InChI is InChI=1S/C31H28N4O3S/c32-23-26-10-7-13-30(22-26)39(37,38)35(24-25-8-3-1-4-9-25)29-16-14-27(15-17-29)31(36)34-20-18-33(19-21-34)28-11-5-2-6-12-28/h1-17,22H,18-21,24H2. The fourth-order valence-corrected chi connectivity index (χ4v) is 6.18. The Morgan fingerprint density at radius 3 is 2.08 bits per heavy atom. The molecule has 0 unspecified atom stereocenters. The second kappa shape index (κ2) is 11.4. The van der Waals surface area contributed by atoms with E-state index in [9.17, 15) is 18.5 Å². The molecule has 1 heterocycles. The van der Waals surface area contributed by atoms with Crippen LogP contribution in [0.4, 0.5) is 11.4 Å². The Bertz CT molecular complexity index is 1580. The number of nitrogens with zero attached hydrogens (tertiary/aromatic N) is 4. The van der Waals surface area contributed by atoms with Crippen LogP contribution in [0.15, 0.2) is 114 Å². The van der Waals surface area contributed by atoms with Gasteiger partial charge < -0.3 is 9.80 Å². The van der Waals surface area contributed by atoms with Gasteiger partial charge in [0.05, 0.1) is 28.8 Å². The molecule has 0 aliphatic carbocycles. The highest BCUT2D eigenvalue weighted by atomic mass is 32.2. The zero-order chi connectivity index (χ0) is 27.2. The molecule has 8 heteroatoms. The van der Waals surface area contributed by atoms with Crippen molar-refractivity contribution in [2.75, 3.05) is 35.4 Å². The molecular weight excluding hydrogens is 508 g/mol. The molecule has 0 bridgehead atoms. The molecule has 0 spiro atoms. The van der Waals surface area contributed by atoms with Crippen LogP contribution < -0.4 is 9.21 Å². The van der Waals surface area contributed by atoms with Gasteiger partial charge in [0.1, 0.15) is 0 Å². The van der Waals surface area contributed by atoms with Crippen LogP contribution in [-0.2, 0) is 16.6 Å². The largest absolute Gasteiger partial charge is 0.368 e. The molecule has 5 rings (SSSR count). The number of carbonyl (C=O) groups excluding carboxylic acids is 1. The normalized spacial score (nSPS) is 13.5. The molecule has 0 atom stereocenters. The van der Waals surface area contributed by atoms with Gasteiger partial charge in [-0.2, -0.15) is 5.26 Å². The molecule has 1 aliphatic heterocycles. The Kier molecular flexibility index (Phi) is 7.62. The molecule has 196 valence electrons. The lowest BCUT2D eigenvalue weighted by molar-refractivity contribution is 0.0747. The summed E-state index contributed by atoms with van der Waals surface area (Å²) in [5.74, 6) is -0.0755. The lowest BCUT2D eigenvalue weighted by Gasteiger charge is -2.36. The van der Waals surface area contributed by atoms with Gasteiger partial charge in [0.25, 0.3) is 15.9 Å². The zero-order valence-corrected chi connectivity index (χ0v) is 22.2. The Hall–Kier alpha value is -4.61. The van der Waals surface area contributed by atoms with E-state index in [1.54, 1.807) is 36.4 Å². The van der Waals surface area contributed by atoms with Gasteiger partial charge in [-0.15, -0.1) is 0 Å². The zero-order valence-electron chi connectivity index (χ0n) is 21.3. The van der Waals surface area contributed by atoms with Gasteiger partial charge >= 0.3 is 0 Å². The maximum absolute atomic E-state index is 13.8. The first kappa shape index (κ1) is 26.0. The summed E-state index contributed by atoms with van der Waals surface area (Å²) in [6.45, 7) is 2.82. The first-order chi connectivity index (χ1) is 19.0. The van der Waals surface area contributed by atoms with E-state index in [1.165, 1.54) is 16.4 Å². The number of hydrogen-bond donors (Lipinski definition) is 0. The van der Waals surface area contributed by atoms with Crippen LogP contribution >= 0.6 is 0 Å². The van der Waals surface area contributed by atoms with Crippen LogP contribution in [0.1, 0.15) is 21.5 Å². The summed E-state index contributed by atoms with van der Waals surface area (Å²) in [6.07, 6.45) is 0. The fraction of sp³-hybridized carbons (Fsp3) is 0.161. The molecular formula is C31H28N4O3S. The third kappa shape index (κ3) is 5.79. The molecule has 1 aliphatic rings. The van der Waals surface area contributed by atoms with E-state index < -0.39 is 10.0 Å². The molecule has 4 aromatic rings. The number of nitriles is 1. The predicted molar refractivity (Wildman–Crippen MR) is 152 cm³/mol. The summed E-state index contributed by atoms with van der Waals surface area (Å²) in [5, 5.41) is 9.28. The summed E-state index contributed by atoms with van der Waals surface area (Å²) in [7, 11) is -3.99. The van der Waals surface area contributed by atoms with Crippen molar-refractivity contribution < 1.29 is 13.2 Å². The quantitative estimate of drug-likeness (QED) is 0.335. The van der Waals surface area contributed by atoms with Crippen molar-refractivity contribution >= 4 is 27.3 Å². The van der Waals surface area contributed by atoms with Gasteiger partial charge in [0, 0.05) is 37.4 Å². The van der Waals surface area contributed by atoms with Crippen LogP contribution in [0, 0.1) is 11.3 Å². The number of hydrogen-bond acceptors (Lipinski definition) is 5. The molecule has 0 radical (unpaired) electrons. The highest BCUT2D eigenvalue weighted by molar-refractivity contribution is 7.92. The number of benzene rings is 4. The van der Waals surface area contributed by atoms with E-state index in [-0.39, 0.29) is 22.9 Å². The molecule has 0 aromatic heterocycles. The van der Waals surface area contributed by atoms with Gasteiger partial charge in [0.2, 0.25) is 0 Å². The molecule has 1 fully saturated rings. The van der Waals surface area contributed by atoms with Crippen molar-refractivity contribution in [3.63, 3.8) is 0 Å². The monoisotopic (exact) mass is 536 g/mol. The lowest BCUT2D eigenvalue weighted by Crippen LogP contribution is -2.48. The average molecular weight is 537 g/mol. The van der Waals surface area contributed by atoms with Crippen LogP contribution in [0.2, 0.25) is 0 Å². The Labute approximate surface area is 229 Å². The Morgan fingerprint density at radius 2 is 1.44 bits per heavy atom. The Balaban J connectivity index is 1.37. The van der Waals surface area contributed by atoms with Gasteiger partial charge in [-0.25, -0.2) is 8.42 Å². The lowest BCUT2D eigenvalue weighted by atomic mass is 10.1. The third-order valence-electron chi connectivity index (χ3n) is 6.81. The minimum absolute atomic E-state index is 0.0360. The number of para-hydroxylation sites is 1. The summed E-state index contributed by atoms with van der Waals surface area (Å²) < 4.78 is 28.8. The van der Waals surface area contributed by atoms with Crippen molar-refractivity contribution in [2.24, 2.45) is 0 Å². The van der Waals surface area contributed by atoms with Crippen LogP contribution in [0.25, 0.3) is 0 Å². The van der Waals surface area contributed by atoms with Crippen LogP contribution in [-0.4, -0.2) is 45.4 Å². The van der Waals surface area contributed by atoms with Crippen molar-refractivity contribution in [1.29, 1.82) is 5.26 Å². The van der Waals surface area contributed by atoms with Crippen molar-refractivity contribution in [3.8, 4) is 6.07 Å². The number of sulfonamides is 1. The number of anilines is 2. The first-order valence-corrected chi connectivity index (χ1v) is 14.2. The van der Waals surface area contributed by atoms with E-state index >= 15 is 0 Å². The van der Waals surface area contributed by atoms with Crippen LogP contribution in [0.3, 0.4) is 0 Å². The van der Waals surface area contributed by atoms with Gasteiger partial charge in [-0.3, -0.25) is 9.10 Å². The highest BCUT2D eigenvalue weighted by Gasteiger charge is 2.27. The minimum atomic E-state index is -3.99. The molecule has 0 N–H and O–H groups in total. The number of rotatable bonds is 7. The van der Waals surface area contributed by atoms with Gasteiger partial charge in [-0.1, -0.05) is 54.6 Å². The SMILES string of the molecule is N#Cc1cccc(S(=O)(=O)N(Cc2ccccc2)c2ccc(C(=O)N3CCN(c4ccccc4)CC3)cc2)c1. The third-order valence-corrected chi connectivity index (χ3v) is 8.58. The smallest absolute Gasteiger partial charge is 0.264 e. The first-order valence-electron chi connectivity index (χ1n) is 12.7. The van der Waals surface area contributed by atoms with E-state index in [2.05, 4.69) is 17.0 Å². The summed E-state index contributed by atoms with van der Waals surface area (Å²) in [6, 6.07) is 34.2. The number of piperazine rings is 1. The summed E-state index contributed by atoms with van der Waals surface area (Å²) >= 11 is 0. The second-order valence-electron chi connectivity index (χ2n) is 9.30. The maximum atomic E-state index is 13.8. The van der Waals surface area contributed by atoms with Gasteiger partial charge in [0.15, 0.2) is 0 Å². The number of carbonyl (C=O) groups is 1. The molecule has 1 amide bonds. The van der Waals surface area contributed by atoms with E-state index in [0.717, 1.165) is 24.3 Å². The second-order valence-corrected chi connectivity index (χ2v) is 11.2. The van der Waals surface area contributed by atoms with E-state index in [4.69, 9.17) is 0 Å². The fourth-order valence-electron chi connectivity index (χ4n) is 4.68. The average Bonchev–Trinajstić information content (AvgIpc) is 3.00. The summed E-state index contributed by atoms with van der Waals surface area (Å²) in [5.41, 5.74) is 3.18. The summed E-state index contributed by atoms with van der Waals surface area (Å²) in [4.78, 5) is 17.4. The highest BCUT2D eigenvalue weighted by Crippen LogP contribution is 2.27.